The topological polar surface area (TPSA) is 15.3 Å². The molecular formula is C31H22N2. The fraction of sp³-hybridized carbons (Fsp3) is 0.0323. The monoisotopic (exact) mass is 422 g/mol. The van der Waals surface area contributed by atoms with Gasteiger partial charge in [0.1, 0.15) is 0 Å². The van der Waals surface area contributed by atoms with Gasteiger partial charge in [-0.25, -0.2) is 0 Å². The van der Waals surface area contributed by atoms with Crippen molar-refractivity contribution in [2.45, 2.75) is 5.41 Å². The van der Waals surface area contributed by atoms with Crippen LogP contribution in [0.5, 0.6) is 0 Å². The molecule has 0 aliphatic carbocycles. The fourth-order valence-corrected chi connectivity index (χ4v) is 5.77. The fourth-order valence-electron chi connectivity index (χ4n) is 5.77. The van der Waals surface area contributed by atoms with Crippen LogP contribution in [0.1, 0.15) is 22.3 Å². The Kier molecular flexibility index (Phi) is 3.80. The molecular weight excluding hydrogens is 400 g/mol. The zero-order valence-electron chi connectivity index (χ0n) is 18.1. The summed E-state index contributed by atoms with van der Waals surface area (Å²) < 4.78 is 0. The minimum atomic E-state index is -0.422. The van der Waals surface area contributed by atoms with Crippen LogP contribution < -0.4 is 10.2 Å². The molecule has 0 spiro atoms. The van der Waals surface area contributed by atoms with Crippen molar-refractivity contribution >= 4 is 28.4 Å². The van der Waals surface area contributed by atoms with E-state index in [1.165, 1.54) is 39.3 Å². The lowest BCUT2D eigenvalue weighted by molar-refractivity contribution is 0.731. The van der Waals surface area contributed by atoms with Gasteiger partial charge in [-0.2, -0.15) is 0 Å². The van der Waals surface area contributed by atoms with E-state index in [4.69, 9.17) is 0 Å². The first-order valence-electron chi connectivity index (χ1n) is 11.4. The number of para-hydroxylation sites is 4. The van der Waals surface area contributed by atoms with Crippen molar-refractivity contribution in [3.8, 4) is 0 Å². The van der Waals surface area contributed by atoms with Crippen LogP contribution in [0.25, 0.3) is 0 Å². The van der Waals surface area contributed by atoms with Crippen LogP contribution in [0.15, 0.2) is 127 Å². The normalized spacial score (nSPS) is 14.5. The van der Waals surface area contributed by atoms with Gasteiger partial charge < -0.3 is 10.2 Å². The third-order valence-corrected chi connectivity index (χ3v) is 7.04. The van der Waals surface area contributed by atoms with Crippen LogP contribution in [0.4, 0.5) is 28.4 Å². The van der Waals surface area contributed by atoms with Gasteiger partial charge >= 0.3 is 0 Å². The Labute approximate surface area is 193 Å². The van der Waals surface area contributed by atoms with Crippen molar-refractivity contribution in [1.82, 2.24) is 0 Å². The molecule has 2 heteroatoms. The summed E-state index contributed by atoms with van der Waals surface area (Å²) in [7, 11) is 0. The second-order valence-electron chi connectivity index (χ2n) is 8.68. The molecule has 0 saturated carbocycles. The predicted molar refractivity (Wildman–Crippen MR) is 136 cm³/mol. The molecule has 1 N–H and O–H groups in total. The van der Waals surface area contributed by atoms with Crippen LogP contribution in [0.2, 0.25) is 0 Å². The van der Waals surface area contributed by atoms with Gasteiger partial charge in [-0.1, -0.05) is 103 Å². The van der Waals surface area contributed by atoms with Gasteiger partial charge in [-0.05, 0) is 46.5 Å². The van der Waals surface area contributed by atoms with Crippen molar-refractivity contribution in [2.24, 2.45) is 0 Å². The van der Waals surface area contributed by atoms with Crippen LogP contribution in [0, 0.1) is 0 Å². The highest BCUT2D eigenvalue weighted by Crippen LogP contribution is 2.61. The minimum absolute atomic E-state index is 0.422. The lowest BCUT2D eigenvalue weighted by Crippen LogP contribution is -2.38. The largest absolute Gasteiger partial charge is 0.352 e. The average Bonchev–Trinajstić information content (AvgIpc) is 2.90. The van der Waals surface area contributed by atoms with Gasteiger partial charge in [-0.15, -0.1) is 0 Å². The summed E-state index contributed by atoms with van der Waals surface area (Å²) in [5, 5.41) is 3.71. The molecule has 0 saturated heterocycles. The summed E-state index contributed by atoms with van der Waals surface area (Å²) in [6.07, 6.45) is 0. The molecule has 0 unspecified atom stereocenters. The smallest absolute Gasteiger partial charge is 0.0745 e. The van der Waals surface area contributed by atoms with Crippen molar-refractivity contribution < 1.29 is 0 Å². The van der Waals surface area contributed by atoms with Crippen molar-refractivity contribution in [3.63, 3.8) is 0 Å². The van der Waals surface area contributed by atoms with E-state index >= 15 is 0 Å². The van der Waals surface area contributed by atoms with E-state index in [9.17, 15) is 0 Å². The molecule has 2 aliphatic heterocycles. The number of benzene rings is 5. The number of hydrogen-bond acceptors (Lipinski definition) is 2. The summed E-state index contributed by atoms with van der Waals surface area (Å²) in [4.78, 5) is 2.44. The van der Waals surface area contributed by atoms with Gasteiger partial charge in [-0.3, -0.25) is 0 Å². The third-order valence-electron chi connectivity index (χ3n) is 7.04. The molecule has 156 valence electrons. The van der Waals surface area contributed by atoms with Gasteiger partial charge in [0.25, 0.3) is 0 Å². The maximum absolute atomic E-state index is 3.71. The van der Waals surface area contributed by atoms with E-state index in [1.807, 2.05) is 0 Å². The Morgan fingerprint density at radius 2 is 1.00 bits per heavy atom. The summed E-state index contributed by atoms with van der Waals surface area (Å²) >= 11 is 0. The molecule has 5 aromatic rings. The lowest BCUT2D eigenvalue weighted by atomic mass is 9.62. The number of fused-ring (bicyclic) bond motifs is 4. The van der Waals surface area contributed by atoms with Gasteiger partial charge in [0, 0.05) is 0 Å². The number of anilines is 5. The number of rotatable bonds is 2. The highest BCUT2D eigenvalue weighted by Gasteiger charge is 2.48. The Balaban J connectivity index is 1.68. The van der Waals surface area contributed by atoms with E-state index in [2.05, 4.69) is 138 Å². The molecule has 2 nitrogen and oxygen atoms in total. The van der Waals surface area contributed by atoms with Crippen molar-refractivity contribution in [2.75, 3.05) is 10.2 Å². The first kappa shape index (κ1) is 18.3. The highest BCUT2D eigenvalue weighted by atomic mass is 15.2. The van der Waals surface area contributed by atoms with Crippen LogP contribution >= 0.6 is 0 Å². The molecule has 0 bridgehead atoms. The Morgan fingerprint density at radius 3 is 1.73 bits per heavy atom. The molecule has 33 heavy (non-hydrogen) atoms. The van der Waals surface area contributed by atoms with Crippen molar-refractivity contribution in [1.29, 1.82) is 0 Å². The molecule has 0 fully saturated rings. The van der Waals surface area contributed by atoms with Crippen LogP contribution in [-0.4, -0.2) is 0 Å². The zero-order chi connectivity index (χ0) is 21.8. The van der Waals surface area contributed by atoms with Gasteiger partial charge in [0.2, 0.25) is 0 Å². The lowest BCUT2D eigenvalue weighted by Gasteiger charge is -2.48. The van der Waals surface area contributed by atoms with E-state index in [0.717, 1.165) is 11.4 Å². The molecule has 0 aromatic heterocycles. The van der Waals surface area contributed by atoms with E-state index in [0.29, 0.717) is 0 Å². The molecule has 0 radical (unpaired) electrons. The maximum Gasteiger partial charge on any atom is 0.0745 e. The van der Waals surface area contributed by atoms with Crippen molar-refractivity contribution in [3.05, 3.63) is 150 Å². The Bertz CT molecular complexity index is 1450. The van der Waals surface area contributed by atoms with E-state index in [-0.39, 0.29) is 0 Å². The SMILES string of the molecule is c1ccc(C2(c3ccccc3)c3ccccc3N3c4ccccc4Nc4cccc2c43)cc1. The summed E-state index contributed by atoms with van der Waals surface area (Å²) in [6, 6.07) is 46.0. The second-order valence-corrected chi connectivity index (χ2v) is 8.68. The number of hydrogen-bond donors (Lipinski definition) is 1. The summed E-state index contributed by atoms with van der Waals surface area (Å²) in [5.41, 5.74) is 10.6. The first-order valence-corrected chi connectivity index (χ1v) is 11.4. The highest BCUT2D eigenvalue weighted by molar-refractivity contribution is 6.02. The quantitative estimate of drug-likeness (QED) is 0.304. The minimum Gasteiger partial charge on any atom is -0.352 e. The summed E-state index contributed by atoms with van der Waals surface area (Å²) in [5.74, 6) is 0. The standard InChI is InChI=1S/C31H22N2/c1-3-12-22(13-4-1)31(23-14-5-2-6-15-23)24-16-7-9-20-28(24)33-29-21-10-8-18-26(29)32-27-19-11-17-25(31)30(27)33/h1-21,32H. The first-order chi connectivity index (χ1) is 16.4. The van der Waals surface area contributed by atoms with Crippen LogP contribution in [-0.2, 0) is 5.41 Å². The third kappa shape index (κ3) is 2.38. The summed E-state index contributed by atoms with van der Waals surface area (Å²) in [6.45, 7) is 0. The molecule has 7 rings (SSSR count). The van der Waals surface area contributed by atoms with Gasteiger partial charge in [0.05, 0.1) is 33.9 Å². The predicted octanol–water partition coefficient (Wildman–Crippen LogP) is 7.91. The maximum atomic E-state index is 3.71. The Morgan fingerprint density at radius 1 is 0.455 bits per heavy atom. The zero-order valence-corrected chi connectivity index (χ0v) is 18.1. The molecule has 0 amide bonds. The number of nitrogens with zero attached hydrogens (tertiary/aromatic N) is 1. The molecule has 0 atom stereocenters. The van der Waals surface area contributed by atoms with Gasteiger partial charge in [0.15, 0.2) is 0 Å². The molecule has 5 aromatic carbocycles. The average molecular weight is 423 g/mol. The van der Waals surface area contributed by atoms with E-state index in [1.54, 1.807) is 0 Å². The molecule has 2 aliphatic rings. The molecule has 2 heterocycles. The second kappa shape index (κ2) is 6.85. The van der Waals surface area contributed by atoms with E-state index < -0.39 is 5.41 Å². The Hall–Kier alpha value is -4.30. The number of nitrogens with one attached hydrogen (secondary N) is 1. The van der Waals surface area contributed by atoms with Crippen LogP contribution in [0.3, 0.4) is 0 Å².